The van der Waals surface area contributed by atoms with Crippen molar-refractivity contribution in [3.8, 4) is 11.5 Å². The number of carbonyl (C=O) groups is 3. The fraction of sp³-hybridized carbons (Fsp3) is 0.179. The summed E-state index contributed by atoms with van der Waals surface area (Å²) in [5.74, 6) is -0.391. The zero-order valence-electron chi connectivity index (χ0n) is 20.2. The summed E-state index contributed by atoms with van der Waals surface area (Å²) in [6.45, 7) is 4.60. The van der Waals surface area contributed by atoms with Crippen molar-refractivity contribution in [1.29, 1.82) is 0 Å². The highest BCUT2D eigenvalue weighted by Gasteiger charge is 2.37. The monoisotopic (exact) mass is 582 g/mol. The van der Waals surface area contributed by atoms with E-state index in [1.54, 1.807) is 36.4 Å². The van der Waals surface area contributed by atoms with Crippen LogP contribution in [-0.4, -0.2) is 31.1 Å². The van der Waals surface area contributed by atoms with E-state index in [1.807, 2.05) is 38.1 Å². The van der Waals surface area contributed by atoms with Crippen LogP contribution in [0.1, 0.15) is 30.5 Å². The van der Waals surface area contributed by atoms with Crippen LogP contribution in [0.2, 0.25) is 5.02 Å². The first-order valence-electron chi connectivity index (χ1n) is 11.6. The zero-order valence-corrected chi connectivity index (χ0v) is 22.6. The van der Waals surface area contributed by atoms with Gasteiger partial charge in [0, 0.05) is 21.5 Å². The highest BCUT2D eigenvalue weighted by atomic mass is 79.9. The number of anilines is 1. The van der Waals surface area contributed by atoms with Crippen LogP contribution in [0.15, 0.2) is 70.7 Å². The number of imide groups is 2. The van der Waals surface area contributed by atoms with Crippen molar-refractivity contribution in [2.75, 3.05) is 18.1 Å². The van der Waals surface area contributed by atoms with Crippen molar-refractivity contribution in [2.24, 2.45) is 0 Å². The number of ether oxygens (including phenoxy) is 2. The van der Waals surface area contributed by atoms with Gasteiger partial charge in [0.15, 0.2) is 0 Å². The molecule has 3 aromatic carbocycles. The average molecular weight is 584 g/mol. The molecule has 37 heavy (non-hydrogen) atoms. The van der Waals surface area contributed by atoms with Crippen molar-refractivity contribution in [3.63, 3.8) is 0 Å². The van der Waals surface area contributed by atoms with E-state index in [-0.39, 0.29) is 5.57 Å². The van der Waals surface area contributed by atoms with Gasteiger partial charge >= 0.3 is 6.03 Å². The van der Waals surface area contributed by atoms with E-state index < -0.39 is 17.8 Å². The molecular formula is C28H24BrClN2O5. The van der Waals surface area contributed by atoms with Crippen LogP contribution in [0.5, 0.6) is 11.5 Å². The van der Waals surface area contributed by atoms with E-state index in [0.29, 0.717) is 47.4 Å². The Kier molecular flexibility index (Phi) is 8.31. The van der Waals surface area contributed by atoms with E-state index in [2.05, 4.69) is 21.2 Å². The minimum absolute atomic E-state index is 0.203. The molecule has 0 aromatic heterocycles. The van der Waals surface area contributed by atoms with Gasteiger partial charge in [-0.05, 0) is 73.5 Å². The first kappa shape index (κ1) is 26.4. The molecule has 1 aliphatic heterocycles. The van der Waals surface area contributed by atoms with Gasteiger partial charge in [-0.1, -0.05) is 45.7 Å². The Morgan fingerprint density at radius 2 is 1.68 bits per heavy atom. The average Bonchev–Trinajstić information content (AvgIpc) is 2.86. The second-order valence-electron chi connectivity index (χ2n) is 8.07. The molecule has 7 nitrogen and oxygen atoms in total. The molecule has 1 N–H and O–H groups in total. The van der Waals surface area contributed by atoms with Gasteiger partial charge in [0.2, 0.25) is 0 Å². The number of hydrogen-bond acceptors (Lipinski definition) is 5. The zero-order chi connectivity index (χ0) is 26.5. The maximum Gasteiger partial charge on any atom is 0.335 e. The topological polar surface area (TPSA) is 84.9 Å². The Hall–Kier alpha value is -3.62. The van der Waals surface area contributed by atoms with Crippen molar-refractivity contribution < 1.29 is 23.9 Å². The molecule has 0 spiro atoms. The summed E-state index contributed by atoms with van der Waals surface area (Å²) < 4.78 is 12.2. The summed E-state index contributed by atoms with van der Waals surface area (Å²) in [6, 6.07) is 16.8. The Bertz CT molecular complexity index is 1390. The fourth-order valence-corrected chi connectivity index (χ4v) is 4.63. The predicted molar refractivity (Wildman–Crippen MR) is 146 cm³/mol. The number of benzene rings is 3. The lowest BCUT2D eigenvalue weighted by molar-refractivity contribution is -0.122. The number of barbiturate groups is 1. The lowest BCUT2D eigenvalue weighted by Crippen LogP contribution is -2.54. The van der Waals surface area contributed by atoms with Crippen LogP contribution in [0.25, 0.3) is 6.08 Å². The van der Waals surface area contributed by atoms with Crippen LogP contribution in [0.4, 0.5) is 10.5 Å². The quantitative estimate of drug-likeness (QED) is 0.254. The third-order valence-corrected chi connectivity index (χ3v) is 6.73. The van der Waals surface area contributed by atoms with Gasteiger partial charge < -0.3 is 9.47 Å². The molecule has 0 atom stereocenters. The lowest BCUT2D eigenvalue weighted by Gasteiger charge is -2.26. The Labute approximate surface area is 228 Å². The summed E-state index contributed by atoms with van der Waals surface area (Å²) >= 11 is 10.2. The third kappa shape index (κ3) is 5.87. The molecule has 4 rings (SSSR count). The highest BCUT2D eigenvalue weighted by Crippen LogP contribution is 2.34. The number of carbonyl (C=O) groups excluding carboxylic acids is 3. The van der Waals surface area contributed by atoms with Crippen LogP contribution >= 0.6 is 27.5 Å². The number of rotatable bonds is 8. The number of hydrogen-bond donors (Lipinski definition) is 1. The maximum atomic E-state index is 13.3. The molecule has 0 unspecified atom stereocenters. The van der Waals surface area contributed by atoms with Gasteiger partial charge in [0.05, 0.1) is 18.9 Å². The molecule has 1 heterocycles. The van der Waals surface area contributed by atoms with Crippen LogP contribution in [-0.2, 0) is 16.0 Å². The fourth-order valence-electron chi connectivity index (χ4n) is 3.92. The minimum Gasteiger partial charge on any atom is -0.494 e. The van der Waals surface area contributed by atoms with E-state index in [9.17, 15) is 14.4 Å². The number of urea groups is 1. The van der Waals surface area contributed by atoms with Gasteiger partial charge in [-0.2, -0.15) is 0 Å². The van der Waals surface area contributed by atoms with Crippen LogP contribution < -0.4 is 19.7 Å². The van der Waals surface area contributed by atoms with Crippen molar-refractivity contribution >= 4 is 57.1 Å². The number of amides is 4. The molecule has 1 saturated heterocycles. The molecule has 0 saturated carbocycles. The van der Waals surface area contributed by atoms with E-state index in [1.165, 1.54) is 6.08 Å². The molecule has 4 amide bonds. The van der Waals surface area contributed by atoms with E-state index >= 15 is 0 Å². The molecule has 0 radical (unpaired) electrons. The second-order valence-corrected chi connectivity index (χ2v) is 9.33. The summed E-state index contributed by atoms with van der Waals surface area (Å²) in [5, 5.41) is 2.66. The molecular weight excluding hydrogens is 560 g/mol. The predicted octanol–water partition coefficient (Wildman–Crippen LogP) is 6.16. The first-order chi connectivity index (χ1) is 17.8. The summed E-state index contributed by atoms with van der Waals surface area (Å²) in [6.07, 6.45) is 1.92. The molecule has 0 aliphatic carbocycles. The van der Waals surface area contributed by atoms with E-state index in [0.717, 1.165) is 20.5 Å². The van der Waals surface area contributed by atoms with Crippen LogP contribution in [0, 0.1) is 0 Å². The largest absolute Gasteiger partial charge is 0.494 e. The highest BCUT2D eigenvalue weighted by molar-refractivity contribution is 9.10. The Morgan fingerprint density at radius 1 is 0.973 bits per heavy atom. The molecule has 0 bridgehead atoms. The van der Waals surface area contributed by atoms with Gasteiger partial charge in [-0.3, -0.25) is 14.9 Å². The van der Waals surface area contributed by atoms with Crippen molar-refractivity contribution in [3.05, 3.63) is 92.4 Å². The smallest absolute Gasteiger partial charge is 0.335 e. The molecule has 3 aromatic rings. The van der Waals surface area contributed by atoms with Gasteiger partial charge in [0.25, 0.3) is 11.8 Å². The summed E-state index contributed by atoms with van der Waals surface area (Å²) in [5.41, 5.74) is 2.40. The van der Waals surface area contributed by atoms with Gasteiger partial charge in [0.1, 0.15) is 17.1 Å². The number of nitrogens with one attached hydrogen (secondary N) is 1. The summed E-state index contributed by atoms with van der Waals surface area (Å²) in [4.78, 5) is 39.4. The van der Waals surface area contributed by atoms with Gasteiger partial charge in [-0.15, -0.1) is 0 Å². The minimum atomic E-state index is -0.826. The number of nitrogens with zero attached hydrogens (tertiary/aromatic N) is 1. The summed E-state index contributed by atoms with van der Waals surface area (Å²) in [7, 11) is 0. The van der Waals surface area contributed by atoms with Gasteiger partial charge in [-0.25, -0.2) is 9.69 Å². The Morgan fingerprint density at radius 3 is 2.35 bits per heavy atom. The molecule has 9 heteroatoms. The van der Waals surface area contributed by atoms with Crippen molar-refractivity contribution in [1.82, 2.24) is 5.32 Å². The maximum absolute atomic E-state index is 13.3. The standard InChI is InChI=1S/C28H24BrClN2O5/c1-3-36-20-11-9-19(10-12-20)32-27(34)22(26(33)31-28(32)35)13-17-14-24(30)21(25(15-17)37-4-2)16-18-7-5-6-8-23(18)29/h5-15H,3-4,16H2,1-2H3,(H,31,33,35)/b22-13+. The second kappa shape index (κ2) is 11.6. The SMILES string of the molecule is CCOc1ccc(N2C(=O)NC(=O)/C(=C\c3cc(Cl)c(Cc4ccccc4Br)c(OCC)c3)C2=O)cc1. The molecule has 1 aliphatic rings. The number of halogens is 2. The van der Waals surface area contributed by atoms with E-state index in [4.69, 9.17) is 21.1 Å². The lowest BCUT2D eigenvalue weighted by atomic mass is 10.00. The molecule has 190 valence electrons. The molecule has 1 fully saturated rings. The Balaban J connectivity index is 1.69. The third-order valence-electron chi connectivity index (χ3n) is 5.62. The normalized spacial score (nSPS) is 14.6. The van der Waals surface area contributed by atoms with Crippen LogP contribution in [0.3, 0.4) is 0 Å². The van der Waals surface area contributed by atoms with Crippen molar-refractivity contribution in [2.45, 2.75) is 20.3 Å². The first-order valence-corrected chi connectivity index (χ1v) is 12.8.